The highest BCUT2D eigenvalue weighted by Gasteiger charge is 2.45. The van der Waals surface area contributed by atoms with Crippen molar-refractivity contribution in [1.82, 2.24) is 30.2 Å². The molecule has 0 aliphatic carbocycles. The minimum Gasteiger partial charge on any atom is -0.391 e. The summed E-state index contributed by atoms with van der Waals surface area (Å²) in [6.45, 7) is 5.70. The van der Waals surface area contributed by atoms with Crippen molar-refractivity contribution in [3.63, 3.8) is 0 Å². The number of nitrogens with zero attached hydrogens (tertiary/aromatic N) is 5. The topological polar surface area (TPSA) is 113 Å². The summed E-state index contributed by atoms with van der Waals surface area (Å²) < 4.78 is 14.9. The van der Waals surface area contributed by atoms with Crippen LogP contribution in [0.15, 0.2) is 24.7 Å². The van der Waals surface area contributed by atoms with E-state index in [4.69, 9.17) is 0 Å². The lowest BCUT2D eigenvalue weighted by atomic mass is 9.85. The van der Waals surface area contributed by atoms with E-state index in [-0.39, 0.29) is 24.8 Å². The number of pyridine rings is 1. The van der Waals surface area contributed by atoms with Crippen LogP contribution in [0.3, 0.4) is 0 Å². The highest BCUT2D eigenvalue weighted by atomic mass is 19.1. The molecule has 2 aromatic heterocycles. The summed E-state index contributed by atoms with van der Waals surface area (Å²) in [7, 11) is 1.49. The molecule has 1 fully saturated rings. The number of carbonyl (C=O) groups is 2. The van der Waals surface area contributed by atoms with Gasteiger partial charge in [-0.2, -0.15) is 0 Å². The number of likely N-dealkylation sites (N-methyl/N-ethyl adjacent to an activating group) is 1. The molecule has 2 unspecified atom stereocenters. The number of hydrogen-bond acceptors (Lipinski definition) is 6. The molecule has 0 spiro atoms. The SMILES string of the molecule is CNC(=O)C1CC(O)CN1C(=O)[C@@H](n1cc(-c2cncc(F)c2)nn1)C(C)(C)C. The normalized spacial score (nSPS) is 20.6. The van der Waals surface area contributed by atoms with Crippen molar-refractivity contribution in [1.29, 1.82) is 0 Å². The Hall–Kier alpha value is -2.88. The number of carbonyl (C=O) groups excluding carboxylic acids is 2. The van der Waals surface area contributed by atoms with Gasteiger partial charge in [-0.05, 0) is 11.5 Å². The smallest absolute Gasteiger partial charge is 0.248 e. The van der Waals surface area contributed by atoms with Crippen molar-refractivity contribution in [2.75, 3.05) is 13.6 Å². The zero-order valence-corrected chi connectivity index (χ0v) is 16.8. The van der Waals surface area contributed by atoms with Crippen LogP contribution in [-0.4, -0.2) is 67.5 Å². The zero-order valence-electron chi connectivity index (χ0n) is 16.8. The monoisotopic (exact) mass is 404 g/mol. The van der Waals surface area contributed by atoms with Gasteiger partial charge in [0.25, 0.3) is 0 Å². The van der Waals surface area contributed by atoms with Gasteiger partial charge in [-0.3, -0.25) is 14.6 Å². The van der Waals surface area contributed by atoms with Gasteiger partial charge >= 0.3 is 0 Å². The Bertz CT molecular complexity index is 909. The Morgan fingerprint density at radius 2 is 2.07 bits per heavy atom. The third kappa shape index (κ3) is 4.26. The number of amides is 2. The van der Waals surface area contributed by atoms with Crippen LogP contribution in [0.2, 0.25) is 0 Å². The second-order valence-electron chi connectivity index (χ2n) is 8.25. The summed E-state index contributed by atoms with van der Waals surface area (Å²) in [4.78, 5) is 30.9. The van der Waals surface area contributed by atoms with E-state index in [1.165, 1.54) is 28.9 Å². The zero-order chi connectivity index (χ0) is 21.3. The van der Waals surface area contributed by atoms with Crippen LogP contribution in [0.1, 0.15) is 33.2 Å². The van der Waals surface area contributed by atoms with E-state index in [1.54, 1.807) is 6.20 Å². The van der Waals surface area contributed by atoms with Crippen molar-refractivity contribution in [2.45, 2.75) is 45.4 Å². The maximum absolute atomic E-state index is 13.5. The molecule has 9 nitrogen and oxygen atoms in total. The second-order valence-corrected chi connectivity index (χ2v) is 8.25. The van der Waals surface area contributed by atoms with Crippen LogP contribution in [0, 0.1) is 11.2 Å². The summed E-state index contributed by atoms with van der Waals surface area (Å²) in [5.74, 6) is -1.16. The van der Waals surface area contributed by atoms with E-state index in [9.17, 15) is 19.1 Å². The number of hydrogen-bond donors (Lipinski definition) is 2. The number of likely N-dealkylation sites (tertiary alicyclic amines) is 1. The Balaban J connectivity index is 1.95. The third-order valence-corrected chi connectivity index (χ3v) is 4.94. The van der Waals surface area contributed by atoms with Gasteiger partial charge in [-0.25, -0.2) is 9.07 Å². The molecular weight excluding hydrogens is 379 g/mol. The average molecular weight is 404 g/mol. The van der Waals surface area contributed by atoms with Gasteiger partial charge in [0.2, 0.25) is 11.8 Å². The van der Waals surface area contributed by atoms with Crippen molar-refractivity contribution in [3.8, 4) is 11.3 Å². The summed E-state index contributed by atoms with van der Waals surface area (Å²) in [6, 6.07) is -0.237. The molecule has 0 saturated carbocycles. The first-order valence-corrected chi connectivity index (χ1v) is 9.34. The number of aliphatic hydroxyl groups is 1. The Morgan fingerprint density at radius 3 is 2.69 bits per heavy atom. The number of rotatable bonds is 4. The van der Waals surface area contributed by atoms with E-state index in [1.807, 2.05) is 20.8 Å². The summed E-state index contributed by atoms with van der Waals surface area (Å²) in [5, 5.41) is 20.7. The molecule has 3 atom stereocenters. The van der Waals surface area contributed by atoms with Crippen molar-refractivity contribution >= 4 is 11.8 Å². The quantitative estimate of drug-likeness (QED) is 0.778. The largest absolute Gasteiger partial charge is 0.391 e. The molecule has 10 heteroatoms. The van der Waals surface area contributed by atoms with E-state index in [0.29, 0.717) is 11.3 Å². The van der Waals surface area contributed by atoms with Crippen molar-refractivity contribution < 1.29 is 19.1 Å². The standard InChI is InChI=1S/C19H25FN6O3/c1-19(2,3)16(18(29)25-9-13(27)6-15(25)17(28)21-4)26-10-14(23-24-26)11-5-12(20)8-22-7-11/h5,7-8,10,13,15-16,27H,6,9H2,1-4H3,(H,21,28)/t13?,15?,16-/m1/s1. The van der Waals surface area contributed by atoms with E-state index in [2.05, 4.69) is 20.6 Å². The summed E-state index contributed by atoms with van der Waals surface area (Å²) >= 11 is 0. The van der Waals surface area contributed by atoms with Gasteiger partial charge in [-0.1, -0.05) is 26.0 Å². The predicted octanol–water partition coefficient (Wildman–Crippen LogP) is 0.774. The molecule has 156 valence electrons. The van der Waals surface area contributed by atoms with Crippen LogP contribution < -0.4 is 5.32 Å². The lowest BCUT2D eigenvalue weighted by Crippen LogP contribution is -2.49. The van der Waals surface area contributed by atoms with Gasteiger partial charge in [0, 0.05) is 31.8 Å². The molecule has 2 aromatic rings. The number of aliphatic hydroxyl groups excluding tert-OH is 1. The number of aromatic nitrogens is 4. The first kappa shape index (κ1) is 20.8. The molecule has 3 rings (SSSR count). The Labute approximate surface area is 167 Å². The number of halogens is 1. The van der Waals surface area contributed by atoms with Crippen molar-refractivity contribution in [3.05, 3.63) is 30.5 Å². The molecule has 0 bridgehead atoms. The lowest BCUT2D eigenvalue weighted by Gasteiger charge is -2.34. The van der Waals surface area contributed by atoms with Gasteiger partial charge < -0.3 is 15.3 Å². The molecule has 0 radical (unpaired) electrons. The summed E-state index contributed by atoms with van der Waals surface area (Å²) in [6.07, 6.45) is 3.52. The molecular formula is C19H25FN6O3. The summed E-state index contributed by atoms with van der Waals surface area (Å²) in [5.41, 5.74) is 0.253. The maximum Gasteiger partial charge on any atom is 0.248 e. The van der Waals surface area contributed by atoms with Gasteiger partial charge in [0.1, 0.15) is 23.6 Å². The first-order valence-electron chi connectivity index (χ1n) is 9.34. The number of β-amino-alcohol motifs (C(OH)–C–C–N with tert-alkyl or cyclic N) is 1. The maximum atomic E-state index is 13.5. The minimum absolute atomic E-state index is 0.0683. The second kappa shape index (κ2) is 7.86. The van der Waals surface area contributed by atoms with E-state index in [0.717, 1.165) is 6.20 Å². The first-order chi connectivity index (χ1) is 13.6. The van der Waals surface area contributed by atoms with Gasteiger partial charge in [0.15, 0.2) is 0 Å². The fraction of sp³-hybridized carbons (Fsp3) is 0.526. The molecule has 2 amide bonds. The molecule has 1 aliphatic rings. The molecule has 2 N–H and O–H groups in total. The lowest BCUT2D eigenvalue weighted by molar-refractivity contribution is -0.144. The number of nitrogens with one attached hydrogen (secondary N) is 1. The van der Waals surface area contributed by atoms with Crippen LogP contribution in [-0.2, 0) is 9.59 Å². The molecule has 3 heterocycles. The Morgan fingerprint density at radius 1 is 1.34 bits per heavy atom. The van der Waals surface area contributed by atoms with Crippen LogP contribution in [0.25, 0.3) is 11.3 Å². The van der Waals surface area contributed by atoms with Crippen LogP contribution in [0.4, 0.5) is 4.39 Å². The molecule has 1 saturated heterocycles. The van der Waals surface area contributed by atoms with Crippen LogP contribution >= 0.6 is 0 Å². The van der Waals surface area contributed by atoms with Gasteiger partial charge in [-0.15, -0.1) is 5.10 Å². The molecule has 29 heavy (non-hydrogen) atoms. The molecule has 0 aromatic carbocycles. The highest BCUT2D eigenvalue weighted by molar-refractivity contribution is 5.90. The predicted molar refractivity (Wildman–Crippen MR) is 102 cm³/mol. The third-order valence-electron chi connectivity index (χ3n) is 4.94. The fourth-order valence-electron chi connectivity index (χ4n) is 3.60. The average Bonchev–Trinajstić information content (AvgIpc) is 3.27. The highest BCUT2D eigenvalue weighted by Crippen LogP contribution is 2.34. The van der Waals surface area contributed by atoms with Gasteiger partial charge in [0.05, 0.1) is 18.5 Å². The minimum atomic E-state index is -0.775. The molecule has 1 aliphatic heterocycles. The van der Waals surface area contributed by atoms with E-state index >= 15 is 0 Å². The van der Waals surface area contributed by atoms with Crippen LogP contribution in [0.5, 0.6) is 0 Å². The fourth-order valence-corrected chi connectivity index (χ4v) is 3.60. The van der Waals surface area contributed by atoms with E-state index < -0.39 is 29.4 Å². The van der Waals surface area contributed by atoms with Crippen molar-refractivity contribution in [2.24, 2.45) is 5.41 Å². The Kier molecular flexibility index (Phi) is 5.65.